The summed E-state index contributed by atoms with van der Waals surface area (Å²) in [6, 6.07) is 7.85. The third-order valence-corrected chi connectivity index (χ3v) is 3.74. The van der Waals surface area contributed by atoms with E-state index in [4.69, 9.17) is 0 Å². The highest BCUT2D eigenvalue weighted by Gasteiger charge is 2.25. The summed E-state index contributed by atoms with van der Waals surface area (Å²) in [4.78, 5) is 12.3. The fourth-order valence-electron chi connectivity index (χ4n) is 2.78. The van der Waals surface area contributed by atoms with Crippen LogP contribution in [0.5, 0.6) is 0 Å². The van der Waals surface area contributed by atoms with Crippen LogP contribution in [0.2, 0.25) is 0 Å². The van der Waals surface area contributed by atoms with Crippen LogP contribution in [0.3, 0.4) is 0 Å². The van der Waals surface area contributed by atoms with E-state index >= 15 is 0 Å². The second kappa shape index (κ2) is 6.86. The van der Waals surface area contributed by atoms with Gasteiger partial charge in [0.05, 0.1) is 6.10 Å². The van der Waals surface area contributed by atoms with Gasteiger partial charge in [-0.3, -0.25) is 4.79 Å². The van der Waals surface area contributed by atoms with Gasteiger partial charge in [-0.05, 0) is 36.8 Å². The molecule has 1 heterocycles. The molecule has 110 valence electrons. The minimum Gasteiger partial charge on any atom is -0.393 e. The van der Waals surface area contributed by atoms with E-state index in [1.165, 1.54) is 5.56 Å². The Morgan fingerprint density at radius 1 is 1.45 bits per heavy atom. The number of aliphatic hydroxyl groups is 1. The number of fused-ring (bicyclic) bond motifs is 1. The number of carbonyl (C=O) groups is 1. The predicted octanol–water partition coefficient (Wildman–Crippen LogP) is 1.40. The highest BCUT2D eigenvalue weighted by molar-refractivity contribution is 5.83. The van der Waals surface area contributed by atoms with Gasteiger partial charge in [0.15, 0.2) is 0 Å². The van der Waals surface area contributed by atoms with Crippen LogP contribution in [0.1, 0.15) is 37.4 Å². The molecule has 1 aliphatic heterocycles. The fourth-order valence-corrected chi connectivity index (χ4v) is 2.78. The topological polar surface area (TPSA) is 61.4 Å². The summed E-state index contributed by atoms with van der Waals surface area (Å²) in [5, 5.41) is 15.6. The molecule has 4 heteroatoms. The van der Waals surface area contributed by atoms with Crippen molar-refractivity contribution >= 4 is 5.91 Å². The Labute approximate surface area is 120 Å². The molecule has 2 rings (SSSR count). The van der Waals surface area contributed by atoms with Gasteiger partial charge < -0.3 is 15.7 Å². The van der Waals surface area contributed by atoms with Gasteiger partial charge in [0.1, 0.15) is 6.04 Å². The molecule has 0 fully saturated rings. The lowest BCUT2D eigenvalue weighted by molar-refractivity contribution is -0.123. The van der Waals surface area contributed by atoms with E-state index in [-0.39, 0.29) is 24.0 Å². The zero-order valence-electron chi connectivity index (χ0n) is 12.2. The van der Waals surface area contributed by atoms with Crippen molar-refractivity contribution in [3.05, 3.63) is 35.4 Å². The molecule has 20 heavy (non-hydrogen) atoms. The third kappa shape index (κ3) is 3.81. The van der Waals surface area contributed by atoms with E-state index in [1.54, 1.807) is 6.92 Å². The number of hydrogen-bond acceptors (Lipinski definition) is 3. The van der Waals surface area contributed by atoms with Crippen LogP contribution in [0.4, 0.5) is 0 Å². The molecule has 1 aromatic rings. The maximum atomic E-state index is 12.3. The summed E-state index contributed by atoms with van der Waals surface area (Å²) in [7, 11) is 0. The number of hydrogen-bond donors (Lipinski definition) is 3. The highest BCUT2D eigenvalue weighted by Crippen LogP contribution is 2.22. The van der Waals surface area contributed by atoms with E-state index in [1.807, 2.05) is 25.1 Å². The average molecular weight is 276 g/mol. The first-order valence-electron chi connectivity index (χ1n) is 7.35. The van der Waals surface area contributed by atoms with Gasteiger partial charge in [-0.15, -0.1) is 0 Å². The van der Waals surface area contributed by atoms with E-state index in [0.29, 0.717) is 13.0 Å². The Balaban J connectivity index is 1.94. The van der Waals surface area contributed by atoms with Crippen LogP contribution in [-0.4, -0.2) is 30.2 Å². The summed E-state index contributed by atoms with van der Waals surface area (Å²) in [6.45, 7) is 5.24. The van der Waals surface area contributed by atoms with Gasteiger partial charge in [-0.25, -0.2) is 0 Å². The molecule has 0 radical (unpaired) electrons. The molecule has 0 bridgehead atoms. The van der Waals surface area contributed by atoms with Crippen molar-refractivity contribution in [2.24, 2.45) is 5.92 Å². The first-order valence-corrected chi connectivity index (χ1v) is 7.35. The number of benzene rings is 1. The molecule has 0 spiro atoms. The maximum absolute atomic E-state index is 12.3. The van der Waals surface area contributed by atoms with E-state index < -0.39 is 0 Å². The molecule has 4 nitrogen and oxygen atoms in total. The van der Waals surface area contributed by atoms with E-state index in [2.05, 4.69) is 16.7 Å². The normalized spacial score (nSPS) is 20.9. The van der Waals surface area contributed by atoms with Crippen molar-refractivity contribution in [2.45, 2.75) is 38.8 Å². The summed E-state index contributed by atoms with van der Waals surface area (Å²) in [5.41, 5.74) is 2.34. The molecular weight excluding hydrogens is 252 g/mol. The molecule has 0 aromatic heterocycles. The van der Waals surface area contributed by atoms with Crippen LogP contribution in [0.25, 0.3) is 0 Å². The molecule has 1 aromatic carbocycles. The molecule has 0 saturated heterocycles. The third-order valence-electron chi connectivity index (χ3n) is 3.74. The van der Waals surface area contributed by atoms with Gasteiger partial charge in [0.2, 0.25) is 5.91 Å². The molecule has 1 aliphatic rings. The summed E-state index contributed by atoms with van der Waals surface area (Å²) < 4.78 is 0. The summed E-state index contributed by atoms with van der Waals surface area (Å²) >= 11 is 0. The SMILES string of the molecule is CC(O)CC(C)CNC(=O)C1NCCc2ccccc21. The van der Waals surface area contributed by atoms with Gasteiger partial charge in [-0.2, -0.15) is 0 Å². The van der Waals surface area contributed by atoms with Crippen LogP contribution >= 0.6 is 0 Å². The molecule has 3 N–H and O–H groups in total. The Kier molecular flexibility index (Phi) is 5.15. The first kappa shape index (κ1) is 15.0. The van der Waals surface area contributed by atoms with Gasteiger partial charge >= 0.3 is 0 Å². The smallest absolute Gasteiger partial charge is 0.241 e. The quantitative estimate of drug-likeness (QED) is 0.762. The van der Waals surface area contributed by atoms with Crippen LogP contribution in [0.15, 0.2) is 24.3 Å². The van der Waals surface area contributed by atoms with Crippen molar-refractivity contribution in [3.63, 3.8) is 0 Å². The second-order valence-corrected chi connectivity index (χ2v) is 5.77. The van der Waals surface area contributed by atoms with Gasteiger partial charge in [0.25, 0.3) is 0 Å². The zero-order chi connectivity index (χ0) is 14.5. The maximum Gasteiger partial charge on any atom is 0.241 e. The lowest BCUT2D eigenvalue weighted by Gasteiger charge is -2.26. The number of amides is 1. The van der Waals surface area contributed by atoms with Crippen molar-refractivity contribution in [1.29, 1.82) is 0 Å². The molecule has 1 amide bonds. The number of rotatable bonds is 5. The Morgan fingerprint density at radius 2 is 2.20 bits per heavy atom. The van der Waals surface area contributed by atoms with Gasteiger partial charge in [-0.1, -0.05) is 31.2 Å². The first-order chi connectivity index (χ1) is 9.58. The van der Waals surface area contributed by atoms with Crippen molar-refractivity contribution in [2.75, 3.05) is 13.1 Å². The lowest BCUT2D eigenvalue weighted by Crippen LogP contribution is -2.42. The van der Waals surface area contributed by atoms with Crippen molar-refractivity contribution in [3.8, 4) is 0 Å². The average Bonchev–Trinajstić information content (AvgIpc) is 2.43. The largest absolute Gasteiger partial charge is 0.393 e. The molecule has 3 atom stereocenters. The van der Waals surface area contributed by atoms with Crippen LogP contribution in [0, 0.1) is 5.92 Å². The standard InChI is InChI=1S/C16H24N2O2/c1-11(9-12(2)19)10-18-16(20)15-14-6-4-3-5-13(14)7-8-17-15/h3-6,11-12,15,17,19H,7-10H2,1-2H3,(H,18,20). The zero-order valence-corrected chi connectivity index (χ0v) is 12.2. The lowest BCUT2D eigenvalue weighted by atomic mass is 9.94. The second-order valence-electron chi connectivity index (χ2n) is 5.77. The number of nitrogens with one attached hydrogen (secondary N) is 2. The Bertz CT molecular complexity index is 460. The highest BCUT2D eigenvalue weighted by atomic mass is 16.3. The number of carbonyl (C=O) groups excluding carboxylic acids is 1. The van der Waals surface area contributed by atoms with Crippen molar-refractivity contribution in [1.82, 2.24) is 10.6 Å². The predicted molar refractivity (Wildman–Crippen MR) is 79.4 cm³/mol. The minimum absolute atomic E-state index is 0.0228. The van der Waals surface area contributed by atoms with Crippen LogP contribution in [-0.2, 0) is 11.2 Å². The number of aliphatic hydroxyl groups excluding tert-OH is 1. The van der Waals surface area contributed by atoms with Gasteiger partial charge in [0, 0.05) is 13.1 Å². The molecule has 0 aliphatic carbocycles. The Hall–Kier alpha value is -1.39. The minimum atomic E-state index is -0.324. The Morgan fingerprint density at radius 3 is 2.95 bits per heavy atom. The van der Waals surface area contributed by atoms with Crippen molar-refractivity contribution < 1.29 is 9.90 Å². The van der Waals surface area contributed by atoms with E-state index in [0.717, 1.165) is 18.5 Å². The van der Waals surface area contributed by atoms with Crippen LogP contribution < -0.4 is 10.6 Å². The molecule has 0 saturated carbocycles. The summed E-state index contributed by atoms with van der Waals surface area (Å²) in [5.74, 6) is 0.298. The summed E-state index contributed by atoms with van der Waals surface area (Å²) in [6.07, 6.45) is 1.35. The van der Waals surface area contributed by atoms with E-state index in [9.17, 15) is 9.90 Å². The molecule has 3 unspecified atom stereocenters. The monoisotopic (exact) mass is 276 g/mol. The fraction of sp³-hybridized carbons (Fsp3) is 0.562. The molecular formula is C16H24N2O2.